The van der Waals surface area contributed by atoms with Gasteiger partial charge in [-0.2, -0.15) is 0 Å². The maximum atomic E-state index is 10.8. The second-order valence-electron chi connectivity index (χ2n) is 5.21. The first kappa shape index (κ1) is 14.8. The molecule has 1 aliphatic heterocycles. The minimum absolute atomic E-state index is 0.0884. The van der Waals surface area contributed by atoms with Crippen LogP contribution in [0, 0.1) is 0 Å². The minimum Gasteiger partial charge on any atom is -0.488 e. The van der Waals surface area contributed by atoms with Crippen LogP contribution in [-0.4, -0.2) is 64.8 Å². The fraction of sp³-hybridized carbons (Fsp3) is 0.467. The molecule has 0 aromatic carbocycles. The van der Waals surface area contributed by atoms with E-state index in [4.69, 9.17) is 14.6 Å². The number of hydrogen-bond donors (Lipinski definition) is 1. The summed E-state index contributed by atoms with van der Waals surface area (Å²) in [7, 11) is 0. The van der Waals surface area contributed by atoms with Crippen LogP contribution in [0.5, 0.6) is 5.75 Å². The van der Waals surface area contributed by atoms with E-state index in [1.54, 1.807) is 10.6 Å². The van der Waals surface area contributed by atoms with Crippen molar-refractivity contribution in [3.05, 3.63) is 30.2 Å². The summed E-state index contributed by atoms with van der Waals surface area (Å²) in [6, 6.07) is 3.72. The van der Waals surface area contributed by atoms with Crippen LogP contribution in [0.15, 0.2) is 24.5 Å². The molecule has 0 unspecified atom stereocenters. The van der Waals surface area contributed by atoms with Crippen LogP contribution in [-0.2, 0) is 16.0 Å². The number of morpholine rings is 1. The quantitative estimate of drug-likeness (QED) is 0.845. The first-order chi connectivity index (χ1) is 10.7. The molecule has 7 nitrogen and oxygen atoms in total. The number of carboxylic acid groups (broad SMARTS) is 1. The number of pyridine rings is 1. The van der Waals surface area contributed by atoms with Gasteiger partial charge in [-0.15, -0.1) is 0 Å². The number of carboxylic acids is 1. The highest BCUT2D eigenvalue weighted by molar-refractivity contribution is 5.70. The van der Waals surface area contributed by atoms with Gasteiger partial charge in [0.25, 0.3) is 0 Å². The highest BCUT2D eigenvalue weighted by Crippen LogP contribution is 2.19. The third-order valence-corrected chi connectivity index (χ3v) is 3.60. The second-order valence-corrected chi connectivity index (χ2v) is 5.21. The Morgan fingerprint density at radius 3 is 3.00 bits per heavy atom. The minimum atomic E-state index is -0.891. The standard InChI is InChI=1S/C15H19N3O4/c19-14(20)10-12-11-18-3-1-2-13(15(18)16-12)22-9-6-17-4-7-21-8-5-17/h1-3,11H,4-10H2,(H,19,20). The van der Waals surface area contributed by atoms with Crippen LogP contribution in [0.4, 0.5) is 0 Å². The summed E-state index contributed by atoms with van der Waals surface area (Å²) < 4.78 is 12.9. The Hall–Kier alpha value is -2.12. The smallest absolute Gasteiger partial charge is 0.309 e. The number of nitrogens with zero attached hydrogens (tertiary/aromatic N) is 3. The highest BCUT2D eigenvalue weighted by atomic mass is 16.5. The lowest BCUT2D eigenvalue weighted by molar-refractivity contribution is -0.136. The van der Waals surface area contributed by atoms with Crippen LogP contribution in [0.2, 0.25) is 0 Å². The Labute approximate surface area is 128 Å². The summed E-state index contributed by atoms with van der Waals surface area (Å²) in [6.45, 7) is 4.82. The van der Waals surface area contributed by atoms with Gasteiger partial charge < -0.3 is 19.0 Å². The van der Waals surface area contributed by atoms with E-state index in [1.807, 2.05) is 18.3 Å². The molecule has 0 aliphatic carbocycles. The zero-order valence-electron chi connectivity index (χ0n) is 12.3. The van der Waals surface area contributed by atoms with Crippen LogP contribution in [0.1, 0.15) is 5.69 Å². The van der Waals surface area contributed by atoms with Gasteiger partial charge in [0, 0.05) is 32.0 Å². The number of aliphatic carboxylic acids is 1. The molecule has 2 aromatic heterocycles. The molecule has 0 bridgehead atoms. The average molecular weight is 305 g/mol. The summed E-state index contributed by atoms with van der Waals surface area (Å²) in [5.74, 6) is -0.217. The first-order valence-electron chi connectivity index (χ1n) is 7.33. The molecule has 0 amide bonds. The predicted octanol–water partition coefficient (Wildman–Crippen LogP) is 0.672. The molecule has 3 heterocycles. The monoisotopic (exact) mass is 305 g/mol. The molecular weight excluding hydrogens is 286 g/mol. The summed E-state index contributed by atoms with van der Waals surface area (Å²) in [6.07, 6.45) is 3.47. The number of ether oxygens (including phenoxy) is 2. The van der Waals surface area contributed by atoms with Crippen LogP contribution in [0.3, 0.4) is 0 Å². The molecular formula is C15H19N3O4. The van der Waals surface area contributed by atoms with E-state index in [9.17, 15) is 4.79 Å². The SMILES string of the molecule is O=C(O)Cc1cn2cccc(OCCN3CCOCC3)c2n1. The van der Waals surface area contributed by atoms with Gasteiger partial charge in [-0.1, -0.05) is 0 Å². The molecule has 1 aliphatic rings. The molecule has 0 spiro atoms. The van der Waals surface area contributed by atoms with E-state index < -0.39 is 5.97 Å². The lowest BCUT2D eigenvalue weighted by atomic mass is 10.3. The summed E-state index contributed by atoms with van der Waals surface area (Å²) in [5, 5.41) is 8.85. The molecule has 7 heteroatoms. The van der Waals surface area contributed by atoms with Gasteiger partial charge in [0.1, 0.15) is 6.61 Å². The molecule has 1 saturated heterocycles. The van der Waals surface area contributed by atoms with Crippen molar-refractivity contribution in [3.63, 3.8) is 0 Å². The number of aromatic nitrogens is 2. The van der Waals surface area contributed by atoms with E-state index >= 15 is 0 Å². The number of fused-ring (bicyclic) bond motifs is 1. The van der Waals surface area contributed by atoms with Gasteiger partial charge in [0.2, 0.25) is 0 Å². The van der Waals surface area contributed by atoms with Crippen LogP contribution < -0.4 is 4.74 Å². The predicted molar refractivity (Wildman–Crippen MR) is 79.3 cm³/mol. The van der Waals surface area contributed by atoms with Gasteiger partial charge in [0.05, 0.1) is 25.3 Å². The number of rotatable bonds is 6. The number of imidazole rings is 1. The van der Waals surface area contributed by atoms with Crippen molar-refractivity contribution in [2.24, 2.45) is 0 Å². The molecule has 3 rings (SSSR count). The lowest BCUT2D eigenvalue weighted by Gasteiger charge is -2.26. The van der Waals surface area contributed by atoms with Crippen molar-refractivity contribution < 1.29 is 19.4 Å². The maximum absolute atomic E-state index is 10.8. The second kappa shape index (κ2) is 6.76. The third-order valence-electron chi connectivity index (χ3n) is 3.60. The molecule has 1 N–H and O–H groups in total. The number of hydrogen-bond acceptors (Lipinski definition) is 5. The van der Waals surface area contributed by atoms with Crippen molar-refractivity contribution in [1.82, 2.24) is 14.3 Å². The third kappa shape index (κ3) is 3.55. The normalized spacial score (nSPS) is 16.0. The average Bonchev–Trinajstić information content (AvgIpc) is 2.90. The maximum Gasteiger partial charge on any atom is 0.309 e. The first-order valence-corrected chi connectivity index (χ1v) is 7.33. The van der Waals surface area contributed by atoms with Crippen LogP contribution in [0.25, 0.3) is 5.65 Å². The molecule has 22 heavy (non-hydrogen) atoms. The van der Waals surface area contributed by atoms with Gasteiger partial charge in [0.15, 0.2) is 11.4 Å². The summed E-state index contributed by atoms with van der Waals surface area (Å²) >= 11 is 0. The zero-order chi connectivity index (χ0) is 15.4. The van der Waals surface area contributed by atoms with Crippen molar-refractivity contribution in [2.75, 3.05) is 39.5 Å². The largest absolute Gasteiger partial charge is 0.488 e. The summed E-state index contributed by atoms with van der Waals surface area (Å²) in [5.41, 5.74) is 1.18. The Kier molecular flexibility index (Phi) is 4.55. The van der Waals surface area contributed by atoms with E-state index in [1.165, 1.54) is 0 Å². The lowest BCUT2D eigenvalue weighted by Crippen LogP contribution is -2.38. The molecule has 0 atom stereocenters. The van der Waals surface area contributed by atoms with Crippen molar-refractivity contribution in [3.8, 4) is 5.75 Å². The molecule has 1 fully saturated rings. The fourth-order valence-electron chi connectivity index (χ4n) is 2.50. The van der Waals surface area contributed by atoms with E-state index in [2.05, 4.69) is 9.88 Å². The van der Waals surface area contributed by atoms with Gasteiger partial charge in [-0.25, -0.2) is 4.98 Å². The van der Waals surface area contributed by atoms with E-state index in [-0.39, 0.29) is 6.42 Å². The van der Waals surface area contributed by atoms with Gasteiger partial charge >= 0.3 is 5.97 Å². The van der Waals surface area contributed by atoms with Gasteiger partial charge in [-0.3, -0.25) is 9.69 Å². The van der Waals surface area contributed by atoms with Crippen LogP contribution >= 0.6 is 0 Å². The number of carbonyl (C=O) groups is 1. The molecule has 118 valence electrons. The molecule has 0 saturated carbocycles. The highest BCUT2D eigenvalue weighted by Gasteiger charge is 2.12. The van der Waals surface area contributed by atoms with E-state index in [0.29, 0.717) is 23.7 Å². The Morgan fingerprint density at radius 1 is 1.41 bits per heavy atom. The molecule has 2 aromatic rings. The zero-order valence-corrected chi connectivity index (χ0v) is 12.3. The van der Waals surface area contributed by atoms with Crippen molar-refractivity contribution >= 4 is 11.6 Å². The van der Waals surface area contributed by atoms with Crippen molar-refractivity contribution in [1.29, 1.82) is 0 Å². The summed E-state index contributed by atoms with van der Waals surface area (Å²) in [4.78, 5) is 17.4. The Morgan fingerprint density at radius 2 is 2.23 bits per heavy atom. The van der Waals surface area contributed by atoms with Gasteiger partial charge in [-0.05, 0) is 12.1 Å². The van der Waals surface area contributed by atoms with E-state index in [0.717, 1.165) is 32.8 Å². The topological polar surface area (TPSA) is 76.3 Å². The Bertz CT molecular complexity index is 649. The van der Waals surface area contributed by atoms with Crippen molar-refractivity contribution in [2.45, 2.75) is 6.42 Å². The molecule has 0 radical (unpaired) electrons. The Balaban J connectivity index is 1.64. The fourth-order valence-corrected chi connectivity index (χ4v) is 2.50.